The SMILES string of the molecule is CCCc1nc2c(nc1NC(=O)Cc1ccc(F)c(F)c1)CCc1cc(O)ccc1-2. The normalized spacial score (nSPS) is 12.2. The van der Waals surface area contributed by atoms with E-state index in [4.69, 9.17) is 4.98 Å². The number of fused-ring (bicyclic) bond motifs is 3. The maximum atomic E-state index is 13.4. The molecule has 1 aromatic heterocycles. The average molecular weight is 409 g/mol. The zero-order valence-electron chi connectivity index (χ0n) is 16.5. The number of rotatable bonds is 5. The van der Waals surface area contributed by atoms with Crippen molar-refractivity contribution >= 4 is 11.7 Å². The molecule has 4 rings (SSSR count). The van der Waals surface area contributed by atoms with E-state index in [1.807, 2.05) is 13.0 Å². The van der Waals surface area contributed by atoms with Gasteiger partial charge in [0.05, 0.1) is 23.5 Å². The van der Waals surface area contributed by atoms with Gasteiger partial charge < -0.3 is 10.4 Å². The van der Waals surface area contributed by atoms with Crippen LogP contribution in [0.1, 0.15) is 35.9 Å². The number of carbonyl (C=O) groups is 1. The van der Waals surface area contributed by atoms with Crippen molar-refractivity contribution < 1.29 is 18.7 Å². The minimum Gasteiger partial charge on any atom is -0.508 e. The van der Waals surface area contributed by atoms with Crippen molar-refractivity contribution in [3.63, 3.8) is 0 Å². The molecule has 30 heavy (non-hydrogen) atoms. The zero-order valence-corrected chi connectivity index (χ0v) is 16.5. The van der Waals surface area contributed by atoms with Gasteiger partial charge in [0, 0.05) is 5.56 Å². The van der Waals surface area contributed by atoms with Gasteiger partial charge in [0.1, 0.15) is 5.75 Å². The van der Waals surface area contributed by atoms with Gasteiger partial charge in [-0.1, -0.05) is 19.4 Å². The fraction of sp³-hybridized carbons (Fsp3) is 0.261. The number of benzene rings is 2. The fourth-order valence-electron chi connectivity index (χ4n) is 3.69. The topological polar surface area (TPSA) is 75.1 Å². The molecule has 2 aromatic carbocycles. The minimum atomic E-state index is -0.981. The summed E-state index contributed by atoms with van der Waals surface area (Å²) in [5.74, 6) is -1.66. The number of carbonyl (C=O) groups excluding carboxylic acids is 1. The minimum absolute atomic E-state index is 0.0936. The first-order valence-electron chi connectivity index (χ1n) is 9.90. The maximum Gasteiger partial charge on any atom is 0.229 e. The van der Waals surface area contributed by atoms with E-state index in [1.165, 1.54) is 6.07 Å². The number of phenols is 1. The lowest BCUT2D eigenvalue weighted by Crippen LogP contribution is -2.20. The Morgan fingerprint density at radius 3 is 2.70 bits per heavy atom. The number of aryl methyl sites for hydroxylation is 3. The van der Waals surface area contributed by atoms with Gasteiger partial charge in [-0.25, -0.2) is 18.7 Å². The molecule has 0 unspecified atom stereocenters. The highest BCUT2D eigenvalue weighted by Crippen LogP contribution is 2.34. The van der Waals surface area contributed by atoms with E-state index < -0.39 is 11.6 Å². The molecule has 154 valence electrons. The van der Waals surface area contributed by atoms with Crippen LogP contribution in [0.25, 0.3) is 11.3 Å². The molecular formula is C23H21F2N3O2. The van der Waals surface area contributed by atoms with E-state index in [0.717, 1.165) is 47.5 Å². The van der Waals surface area contributed by atoms with Crippen molar-refractivity contribution in [2.45, 2.75) is 39.0 Å². The summed E-state index contributed by atoms with van der Waals surface area (Å²) in [4.78, 5) is 22.0. The number of anilines is 1. The first kappa shape index (κ1) is 19.9. The van der Waals surface area contributed by atoms with Crippen LogP contribution in [0.4, 0.5) is 14.6 Å². The number of amides is 1. The highest BCUT2D eigenvalue weighted by molar-refractivity contribution is 5.92. The van der Waals surface area contributed by atoms with Crippen molar-refractivity contribution in [3.05, 3.63) is 70.5 Å². The summed E-state index contributed by atoms with van der Waals surface area (Å²) in [6.07, 6.45) is 2.73. The highest BCUT2D eigenvalue weighted by Gasteiger charge is 2.22. The number of halogens is 2. The number of hydrogen-bond acceptors (Lipinski definition) is 4. The first-order chi connectivity index (χ1) is 14.4. The van der Waals surface area contributed by atoms with Crippen LogP contribution in [0, 0.1) is 11.6 Å². The van der Waals surface area contributed by atoms with E-state index in [0.29, 0.717) is 29.9 Å². The van der Waals surface area contributed by atoms with Crippen molar-refractivity contribution in [3.8, 4) is 17.0 Å². The van der Waals surface area contributed by atoms with E-state index in [9.17, 15) is 18.7 Å². The van der Waals surface area contributed by atoms with Crippen molar-refractivity contribution in [1.29, 1.82) is 0 Å². The summed E-state index contributed by atoms with van der Waals surface area (Å²) in [5, 5.41) is 12.5. The second-order valence-corrected chi connectivity index (χ2v) is 7.38. The van der Waals surface area contributed by atoms with Crippen LogP contribution in [0.3, 0.4) is 0 Å². The third kappa shape index (κ3) is 4.01. The Balaban J connectivity index is 1.62. The summed E-state index contributed by atoms with van der Waals surface area (Å²) in [7, 11) is 0. The monoisotopic (exact) mass is 409 g/mol. The Labute approximate surface area is 172 Å². The molecule has 0 aliphatic heterocycles. The van der Waals surface area contributed by atoms with Gasteiger partial charge in [-0.2, -0.15) is 0 Å². The summed E-state index contributed by atoms with van der Waals surface area (Å²) in [5.41, 5.74) is 4.58. The lowest BCUT2D eigenvalue weighted by molar-refractivity contribution is -0.115. The second kappa shape index (κ2) is 8.18. The largest absolute Gasteiger partial charge is 0.508 e. The summed E-state index contributed by atoms with van der Waals surface area (Å²) >= 11 is 0. The molecule has 0 spiro atoms. The summed E-state index contributed by atoms with van der Waals surface area (Å²) in [6.45, 7) is 2.01. The molecule has 0 fully saturated rings. The number of aromatic nitrogens is 2. The Hall–Kier alpha value is -3.35. The van der Waals surface area contributed by atoms with Gasteiger partial charge in [0.2, 0.25) is 5.91 Å². The van der Waals surface area contributed by atoms with Gasteiger partial charge in [-0.15, -0.1) is 0 Å². The van der Waals surface area contributed by atoms with E-state index in [2.05, 4.69) is 10.3 Å². The lowest BCUT2D eigenvalue weighted by Gasteiger charge is -2.21. The molecule has 3 aromatic rings. The molecule has 0 atom stereocenters. The molecule has 2 N–H and O–H groups in total. The van der Waals surface area contributed by atoms with Crippen LogP contribution in [-0.2, 0) is 30.5 Å². The molecule has 0 radical (unpaired) electrons. The van der Waals surface area contributed by atoms with Gasteiger partial charge >= 0.3 is 0 Å². The van der Waals surface area contributed by atoms with Crippen LogP contribution in [0.2, 0.25) is 0 Å². The standard InChI is InChI=1S/C23H21F2N3O2/c1-2-3-20-23(28-21(30)11-13-4-8-17(24)18(25)10-13)27-19-9-5-14-12-15(29)6-7-16(14)22(19)26-20/h4,6-8,10,12,29H,2-3,5,9,11H2,1H3,(H,27,28,30). The van der Waals surface area contributed by atoms with E-state index >= 15 is 0 Å². The Morgan fingerprint density at radius 1 is 1.10 bits per heavy atom. The van der Waals surface area contributed by atoms with Gasteiger partial charge in [0.15, 0.2) is 17.5 Å². The van der Waals surface area contributed by atoms with E-state index in [1.54, 1.807) is 12.1 Å². The summed E-state index contributed by atoms with van der Waals surface area (Å²) < 4.78 is 26.5. The van der Waals surface area contributed by atoms with Crippen LogP contribution in [-0.4, -0.2) is 21.0 Å². The Morgan fingerprint density at radius 2 is 1.93 bits per heavy atom. The fourth-order valence-corrected chi connectivity index (χ4v) is 3.69. The number of hydrogen-bond donors (Lipinski definition) is 2. The molecule has 1 amide bonds. The number of nitrogens with zero attached hydrogens (tertiary/aromatic N) is 2. The molecule has 1 aliphatic carbocycles. The predicted octanol–water partition coefficient (Wildman–Crippen LogP) is 4.36. The first-order valence-corrected chi connectivity index (χ1v) is 9.90. The van der Waals surface area contributed by atoms with Gasteiger partial charge in [-0.05, 0) is 60.7 Å². The van der Waals surface area contributed by atoms with E-state index in [-0.39, 0.29) is 18.1 Å². The third-order valence-corrected chi connectivity index (χ3v) is 5.11. The maximum absolute atomic E-state index is 13.4. The molecule has 1 aliphatic rings. The lowest BCUT2D eigenvalue weighted by atomic mass is 9.91. The molecule has 1 heterocycles. The quantitative estimate of drug-likeness (QED) is 0.657. The number of aromatic hydroxyl groups is 1. The third-order valence-electron chi connectivity index (χ3n) is 5.11. The van der Waals surface area contributed by atoms with Crippen LogP contribution in [0.5, 0.6) is 5.75 Å². The van der Waals surface area contributed by atoms with Crippen molar-refractivity contribution in [2.75, 3.05) is 5.32 Å². The Bertz CT molecular complexity index is 1130. The van der Waals surface area contributed by atoms with Crippen LogP contribution >= 0.6 is 0 Å². The van der Waals surface area contributed by atoms with Crippen LogP contribution < -0.4 is 5.32 Å². The molecule has 0 saturated carbocycles. The summed E-state index contributed by atoms with van der Waals surface area (Å²) in [6, 6.07) is 8.63. The number of nitrogens with one attached hydrogen (secondary N) is 1. The smallest absolute Gasteiger partial charge is 0.229 e. The van der Waals surface area contributed by atoms with Gasteiger partial charge in [0.25, 0.3) is 0 Å². The molecule has 0 saturated heterocycles. The zero-order chi connectivity index (χ0) is 21.3. The predicted molar refractivity (Wildman–Crippen MR) is 109 cm³/mol. The molecular weight excluding hydrogens is 388 g/mol. The highest BCUT2D eigenvalue weighted by atomic mass is 19.2. The van der Waals surface area contributed by atoms with Crippen molar-refractivity contribution in [2.24, 2.45) is 0 Å². The number of phenolic OH excluding ortho intramolecular Hbond substituents is 1. The molecule has 5 nitrogen and oxygen atoms in total. The van der Waals surface area contributed by atoms with Gasteiger partial charge in [-0.3, -0.25) is 4.79 Å². The molecule has 7 heteroatoms. The average Bonchev–Trinajstić information content (AvgIpc) is 2.71. The van der Waals surface area contributed by atoms with Crippen LogP contribution in [0.15, 0.2) is 36.4 Å². The second-order valence-electron chi connectivity index (χ2n) is 7.38. The molecule has 0 bridgehead atoms. The van der Waals surface area contributed by atoms with Crippen molar-refractivity contribution in [1.82, 2.24) is 9.97 Å². The Kier molecular flexibility index (Phi) is 5.44.